The molecule has 2 amide bonds. The fourth-order valence-corrected chi connectivity index (χ4v) is 3.30. The van der Waals surface area contributed by atoms with Crippen molar-refractivity contribution in [2.45, 2.75) is 13.3 Å². The van der Waals surface area contributed by atoms with Crippen molar-refractivity contribution in [1.82, 2.24) is 4.98 Å². The van der Waals surface area contributed by atoms with Crippen molar-refractivity contribution >= 4 is 29.1 Å². The number of fused-ring (bicyclic) bond motifs is 2. The summed E-state index contributed by atoms with van der Waals surface area (Å²) in [6, 6.07) is 8.80. The number of aromatic nitrogens is 1. The Kier molecular flexibility index (Phi) is 3.91. The van der Waals surface area contributed by atoms with Gasteiger partial charge in [0.2, 0.25) is 5.91 Å². The molecule has 0 saturated carbocycles. The van der Waals surface area contributed by atoms with Crippen LogP contribution in [-0.2, 0) is 16.0 Å². The molecule has 3 heterocycles. The van der Waals surface area contributed by atoms with Gasteiger partial charge in [-0.1, -0.05) is 0 Å². The fraction of sp³-hybridized carbons (Fsp3) is 0.263. The highest BCUT2D eigenvalue weighted by Gasteiger charge is 2.32. The zero-order valence-corrected chi connectivity index (χ0v) is 14.3. The molecular weight excluding hydrogens is 334 g/mol. The molecule has 7 nitrogen and oxygen atoms in total. The van der Waals surface area contributed by atoms with Crippen molar-refractivity contribution in [3.63, 3.8) is 0 Å². The van der Waals surface area contributed by atoms with E-state index in [1.165, 1.54) is 11.8 Å². The topological polar surface area (TPSA) is 79.8 Å². The lowest BCUT2D eigenvalue weighted by Gasteiger charge is -2.29. The predicted molar refractivity (Wildman–Crippen MR) is 94.6 cm³/mol. The zero-order chi connectivity index (χ0) is 18.3. The van der Waals surface area contributed by atoms with Crippen LogP contribution < -0.4 is 14.5 Å². The van der Waals surface area contributed by atoms with E-state index in [4.69, 9.17) is 4.74 Å². The van der Waals surface area contributed by atoms with Crippen molar-refractivity contribution in [2.75, 3.05) is 29.5 Å². The highest BCUT2D eigenvalue weighted by Crippen LogP contribution is 2.31. The van der Waals surface area contributed by atoms with Crippen LogP contribution >= 0.6 is 0 Å². The Morgan fingerprint density at radius 1 is 1.27 bits per heavy atom. The second kappa shape index (κ2) is 6.25. The zero-order valence-electron chi connectivity index (χ0n) is 14.3. The second-order valence-corrected chi connectivity index (χ2v) is 6.29. The van der Waals surface area contributed by atoms with Crippen molar-refractivity contribution < 1.29 is 19.1 Å². The first kappa shape index (κ1) is 16.3. The molecule has 7 heteroatoms. The second-order valence-electron chi connectivity index (χ2n) is 6.29. The molecule has 0 atom stereocenters. The summed E-state index contributed by atoms with van der Waals surface area (Å²) in [7, 11) is 0. The van der Waals surface area contributed by atoms with Gasteiger partial charge in [0.25, 0.3) is 5.91 Å². The predicted octanol–water partition coefficient (Wildman–Crippen LogP) is 1.60. The number of amides is 2. The number of rotatable bonds is 3. The smallest absolute Gasteiger partial charge is 0.266 e. The molecule has 1 aromatic heterocycles. The number of carbonyl (C=O) groups excluding carboxylic acids is 3. The SMILES string of the molecule is CC(=O)c1ccc2c(c1)CCN2C(=O)CN1C(=O)COc2cccnc21. The lowest BCUT2D eigenvalue weighted by Crippen LogP contribution is -2.46. The number of ketones is 1. The Bertz CT molecular complexity index is 925. The first-order valence-corrected chi connectivity index (χ1v) is 8.37. The van der Waals surface area contributed by atoms with Gasteiger partial charge in [0.1, 0.15) is 6.54 Å². The van der Waals surface area contributed by atoms with Crippen LogP contribution in [0, 0.1) is 0 Å². The van der Waals surface area contributed by atoms with Gasteiger partial charge in [0.05, 0.1) is 0 Å². The van der Waals surface area contributed by atoms with Crippen molar-refractivity contribution in [3.05, 3.63) is 47.7 Å². The Morgan fingerprint density at radius 2 is 2.12 bits per heavy atom. The minimum Gasteiger partial charge on any atom is -0.480 e. The minimum absolute atomic E-state index is 0.000767. The molecule has 2 aromatic rings. The van der Waals surface area contributed by atoms with Gasteiger partial charge < -0.3 is 9.64 Å². The maximum absolute atomic E-state index is 12.8. The normalized spacial score (nSPS) is 15.3. The molecule has 0 saturated heterocycles. The van der Waals surface area contributed by atoms with Crippen LogP contribution in [0.2, 0.25) is 0 Å². The van der Waals surface area contributed by atoms with Gasteiger partial charge in [0, 0.05) is 24.0 Å². The molecule has 0 N–H and O–H groups in total. The molecule has 0 unspecified atom stereocenters. The summed E-state index contributed by atoms with van der Waals surface area (Å²) in [5.74, 6) is 0.373. The molecule has 1 aromatic carbocycles. The number of pyridine rings is 1. The van der Waals surface area contributed by atoms with Crippen molar-refractivity contribution in [1.29, 1.82) is 0 Å². The van der Waals surface area contributed by atoms with Crippen molar-refractivity contribution in [3.8, 4) is 5.75 Å². The third kappa shape index (κ3) is 2.71. The number of benzene rings is 1. The molecule has 0 fully saturated rings. The van der Waals surface area contributed by atoms with E-state index in [2.05, 4.69) is 4.98 Å². The van der Waals surface area contributed by atoms with E-state index in [1.54, 1.807) is 35.4 Å². The number of nitrogens with zero attached hydrogens (tertiary/aromatic N) is 3. The summed E-state index contributed by atoms with van der Waals surface area (Å²) in [5, 5.41) is 0. The largest absolute Gasteiger partial charge is 0.480 e. The van der Waals surface area contributed by atoms with Crippen LogP contribution in [0.25, 0.3) is 0 Å². The molecule has 132 valence electrons. The molecule has 4 rings (SSSR count). The number of anilines is 2. The molecular formula is C19H17N3O4. The number of hydrogen-bond acceptors (Lipinski definition) is 5. The van der Waals surface area contributed by atoms with Crippen LogP contribution in [0.1, 0.15) is 22.8 Å². The number of carbonyl (C=O) groups is 3. The van der Waals surface area contributed by atoms with E-state index in [9.17, 15) is 14.4 Å². The highest BCUT2D eigenvalue weighted by molar-refractivity contribution is 6.06. The summed E-state index contributed by atoms with van der Waals surface area (Å²) in [5.41, 5.74) is 2.40. The molecule has 0 spiro atoms. The Balaban J connectivity index is 1.57. The van der Waals surface area contributed by atoms with Crippen LogP contribution in [0.15, 0.2) is 36.5 Å². The molecule has 0 bridgehead atoms. The summed E-state index contributed by atoms with van der Waals surface area (Å²) in [6.07, 6.45) is 2.25. The molecule has 0 aliphatic carbocycles. The third-order valence-electron chi connectivity index (χ3n) is 4.63. The lowest BCUT2D eigenvalue weighted by molar-refractivity contribution is -0.124. The van der Waals surface area contributed by atoms with Crippen LogP contribution in [0.5, 0.6) is 5.75 Å². The number of hydrogen-bond donors (Lipinski definition) is 0. The van der Waals surface area contributed by atoms with Crippen molar-refractivity contribution in [2.24, 2.45) is 0 Å². The van der Waals surface area contributed by atoms with Crippen LogP contribution in [0.4, 0.5) is 11.5 Å². The molecule has 26 heavy (non-hydrogen) atoms. The molecule has 2 aliphatic heterocycles. The van der Waals surface area contributed by atoms with Gasteiger partial charge >= 0.3 is 0 Å². The fourth-order valence-electron chi connectivity index (χ4n) is 3.30. The minimum atomic E-state index is -0.295. The van der Waals surface area contributed by atoms with E-state index in [1.807, 2.05) is 6.07 Å². The summed E-state index contributed by atoms with van der Waals surface area (Å²) < 4.78 is 5.35. The standard InChI is InChI=1S/C19H17N3O4/c1-12(23)13-4-5-15-14(9-13)6-8-21(15)17(24)10-22-18(25)11-26-16-3-2-7-20-19(16)22/h2-5,7,9H,6,8,10-11H2,1H3. The monoisotopic (exact) mass is 351 g/mol. The number of ether oxygens (including phenoxy) is 1. The van der Waals surface area contributed by atoms with Gasteiger partial charge in [-0.25, -0.2) is 4.98 Å². The number of Topliss-reactive ketones (excluding diaryl/α,β-unsaturated/α-hetero) is 1. The van der Waals surface area contributed by atoms with Crippen LogP contribution in [-0.4, -0.2) is 42.3 Å². The molecule has 0 radical (unpaired) electrons. The Labute approximate surface area is 150 Å². The van der Waals surface area contributed by atoms with E-state index in [0.29, 0.717) is 30.1 Å². The van der Waals surface area contributed by atoms with Gasteiger partial charge in [0.15, 0.2) is 24.0 Å². The van der Waals surface area contributed by atoms with Gasteiger partial charge in [-0.3, -0.25) is 19.3 Å². The summed E-state index contributed by atoms with van der Waals surface area (Å²) in [4.78, 5) is 43.8. The summed E-state index contributed by atoms with van der Waals surface area (Å²) >= 11 is 0. The summed E-state index contributed by atoms with van der Waals surface area (Å²) in [6.45, 7) is 1.85. The average Bonchev–Trinajstić information content (AvgIpc) is 3.07. The average molecular weight is 351 g/mol. The molecule has 2 aliphatic rings. The highest BCUT2D eigenvalue weighted by atomic mass is 16.5. The first-order chi connectivity index (χ1) is 12.5. The van der Waals surface area contributed by atoms with E-state index in [-0.39, 0.29) is 30.7 Å². The third-order valence-corrected chi connectivity index (χ3v) is 4.63. The van der Waals surface area contributed by atoms with Gasteiger partial charge in [-0.15, -0.1) is 0 Å². The van der Waals surface area contributed by atoms with Crippen LogP contribution in [0.3, 0.4) is 0 Å². The quantitative estimate of drug-likeness (QED) is 0.785. The van der Waals surface area contributed by atoms with E-state index >= 15 is 0 Å². The lowest BCUT2D eigenvalue weighted by atomic mass is 10.1. The van der Waals surface area contributed by atoms with E-state index < -0.39 is 0 Å². The Morgan fingerprint density at radius 3 is 2.92 bits per heavy atom. The maximum atomic E-state index is 12.8. The first-order valence-electron chi connectivity index (χ1n) is 8.37. The maximum Gasteiger partial charge on any atom is 0.266 e. The Hall–Kier alpha value is -3.22. The van der Waals surface area contributed by atoms with Gasteiger partial charge in [-0.2, -0.15) is 0 Å². The van der Waals surface area contributed by atoms with Gasteiger partial charge in [-0.05, 0) is 49.2 Å². The van der Waals surface area contributed by atoms with E-state index in [0.717, 1.165) is 11.3 Å².